The Hall–Kier alpha value is -2.04. The number of fused-ring (bicyclic) bond motifs is 3. The molecule has 11 atom stereocenters. The number of carbonyl (C=O) groups excluding carboxylic acids is 4. The van der Waals surface area contributed by atoms with Crippen LogP contribution in [0, 0.1) is 39.9 Å². The summed E-state index contributed by atoms with van der Waals surface area (Å²) >= 11 is 0. The minimum Gasteiger partial charge on any atom is -0.462 e. The number of ether oxygens (including phenoxy) is 4. The second-order valence-electron chi connectivity index (χ2n) is 12.4. The van der Waals surface area contributed by atoms with E-state index in [1.807, 2.05) is 20.8 Å². The molecular formula is C27H40O10. The van der Waals surface area contributed by atoms with Gasteiger partial charge in [-0.05, 0) is 30.6 Å². The van der Waals surface area contributed by atoms with Crippen LogP contribution in [-0.4, -0.2) is 78.1 Å². The molecule has 4 aliphatic carbocycles. The summed E-state index contributed by atoms with van der Waals surface area (Å²) in [5.41, 5.74) is -3.27. The fourth-order valence-corrected chi connectivity index (χ4v) is 9.25. The van der Waals surface area contributed by atoms with Gasteiger partial charge in [-0.25, -0.2) is 0 Å². The molecule has 2 bridgehead atoms. The maximum Gasteiger partial charge on any atom is 0.303 e. The van der Waals surface area contributed by atoms with Gasteiger partial charge in [-0.1, -0.05) is 20.8 Å². The number of hydrogen-bond acceptors (Lipinski definition) is 10. The van der Waals surface area contributed by atoms with E-state index in [0.29, 0.717) is 12.8 Å². The predicted octanol–water partition coefficient (Wildman–Crippen LogP) is 1.43. The summed E-state index contributed by atoms with van der Waals surface area (Å²) in [6, 6.07) is 0. The Kier molecular flexibility index (Phi) is 7.04. The summed E-state index contributed by atoms with van der Waals surface area (Å²) in [5, 5.41) is 23.4. The second kappa shape index (κ2) is 9.31. The summed E-state index contributed by atoms with van der Waals surface area (Å²) in [6.45, 7) is 9.52. The third-order valence-corrected chi connectivity index (χ3v) is 9.81. The van der Waals surface area contributed by atoms with Crippen molar-refractivity contribution in [3.63, 3.8) is 0 Å². The predicted molar refractivity (Wildman–Crippen MR) is 128 cm³/mol. The first-order valence-electron chi connectivity index (χ1n) is 13.0. The number of aliphatic hydroxyl groups is 2. The lowest BCUT2D eigenvalue weighted by Crippen LogP contribution is -2.75. The van der Waals surface area contributed by atoms with Crippen LogP contribution in [0.15, 0.2) is 0 Å². The molecule has 0 saturated heterocycles. The van der Waals surface area contributed by atoms with Gasteiger partial charge >= 0.3 is 17.9 Å². The molecule has 0 aromatic rings. The third-order valence-electron chi connectivity index (χ3n) is 9.81. The zero-order valence-electron chi connectivity index (χ0n) is 22.7. The van der Waals surface area contributed by atoms with Crippen molar-refractivity contribution in [3.05, 3.63) is 0 Å². The Bertz CT molecular complexity index is 976. The average molecular weight is 525 g/mol. The number of methoxy groups -OCH3 is 1. The second-order valence-corrected chi connectivity index (χ2v) is 12.4. The monoisotopic (exact) mass is 524 g/mol. The molecule has 2 N–H and O–H groups in total. The molecule has 0 aromatic heterocycles. The molecule has 11 unspecified atom stereocenters. The summed E-state index contributed by atoms with van der Waals surface area (Å²) < 4.78 is 22.6. The van der Waals surface area contributed by atoms with Crippen LogP contribution in [-0.2, 0) is 38.1 Å². The van der Waals surface area contributed by atoms with Crippen molar-refractivity contribution in [1.82, 2.24) is 0 Å². The van der Waals surface area contributed by atoms with Crippen LogP contribution in [0.25, 0.3) is 0 Å². The quantitative estimate of drug-likeness (QED) is 0.400. The van der Waals surface area contributed by atoms with E-state index in [4.69, 9.17) is 18.9 Å². The minimum absolute atomic E-state index is 0.0978. The molecule has 4 rings (SSSR count). The van der Waals surface area contributed by atoms with Crippen LogP contribution < -0.4 is 0 Å². The Morgan fingerprint density at radius 2 is 1.51 bits per heavy atom. The topological polar surface area (TPSA) is 146 Å². The molecule has 4 fully saturated rings. The van der Waals surface area contributed by atoms with E-state index in [0.717, 1.165) is 0 Å². The van der Waals surface area contributed by atoms with E-state index in [-0.39, 0.29) is 24.7 Å². The fraction of sp³-hybridized carbons (Fsp3) is 0.852. The van der Waals surface area contributed by atoms with Gasteiger partial charge in [0.25, 0.3) is 0 Å². The van der Waals surface area contributed by atoms with Crippen molar-refractivity contribution >= 4 is 23.7 Å². The Morgan fingerprint density at radius 1 is 0.919 bits per heavy atom. The SMILES string of the molecule is COCC1C(=O)C23CC1CC(OC(C)=O)C2C1(C)CC(O)C(OC(C)=O)C(C)(C)C1C(OC(C)=O)C3O. The standard InChI is InChI=1S/C27H40O10/c1-12(28)35-18-8-15-9-27(22(32)16(15)11-34-7)20(18)26(6)10-17(31)24(37-14(3)30)25(4,5)21(26)19(23(27)33)36-13(2)29/h15-21,23-24,31,33H,8-11H2,1-7H3. The lowest BCUT2D eigenvalue weighted by Gasteiger charge is -2.68. The van der Waals surface area contributed by atoms with Crippen molar-refractivity contribution in [2.45, 2.75) is 91.3 Å². The first-order chi connectivity index (χ1) is 17.1. The van der Waals surface area contributed by atoms with Crippen LogP contribution in [0.3, 0.4) is 0 Å². The fourth-order valence-electron chi connectivity index (χ4n) is 9.25. The summed E-state index contributed by atoms with van der Waals surface area (Å²) in [7, 11) is 1.51. The molecule has 10 nitrogen and oxygen atoms in total. The maximum atomic E-state index is 14.2. The van der Waals surface area contributed by atoms with E-state index < -0.39 is 82.4 Å². The van der Waals surface area contributed by atoms with Crippen molar-refractivity contribution < 1.29 is 48.3 Å². The van der Waals surface area contributed by atoms with Crippen LogP contribution in [0.1, 0.15) is 60.8 Å². The van der Waals surface area contributed by atoms with Crippen LogP contribution >= 0.6 is 0 Å². The summed E-state index contributed by atoms with van der Waals surface area (Å²) in [5.74, 6) is -3.84. The molecule has 1 spiro atoms. The van der Waals surface area contributed by atoms with Gasteiger partial charge in [0.15, 0.2) is 0 Å². The lowest BCUT2D eigenvalue weighted by atomic mass is 9.38. The minimum atomic E-state index is -1.39. The van der Waals surface area contributed by atoms with Gasteiger partial charge in [0, 0.05) is 51.0 Å². The molecule has 208 valence electrons. The summed E-state index contributed by atoms with van der Waals surface area (Å²) in [6.07, 6.45) is -4.37. The average Bonchev–Trinajstić information content (AvgIpc) is 2.96. The number of esters is 3. The molecular weight excluding hydrogens is 484 g/mol. The zero-order chi connectivity index (χ0) is 27.7. The Balaban J connectivity index is 1.95. The molecule has 37 heavy (non-hydrogen) atoms. The van der Waals surface area contributed by atoms with Gasteiger partial charge in [-0.2, -0.15) is 0 Å². The Morgan fingerprint density at radius 3 is 2.05 bits per heavy atom. The van der Waals surface area contributed by atoms with E-state index in [9.17, 15) is 29.4 Å². The van der Waals surface area contributed by atoms with Gasteiger partial charge in [0.05, 0.1) is 18.1 Å². The number of Topliss-reactive ketones (excluding diaryl/α,β-unsaturated/α-hetero) is 1. The normalized spacial score (nSPS) is 45.9. The molecule has 0 radical (unpaired) electrons. The number of hydrogen-bond donors (Lipinski definition) is 2. The summed E-state index contributed by atoms with van der Waals surface area (Å²) in [4.78, 5) is 50.8. The van der Waals surface area contributed by atoms with Gasteiger partial charge in [-0.3, -0.25) is 19.2 Å². The number of aliphatic hydroxyl groups excluding tert-OH is 2. The van der Waals surface area contributed by atoms with Crippen molar-refractivity contribution in [2.24, 2.45) is 39.9 Å². The zero-order valence-corrected chi connectivity index (χ0v) is 22.7. The van der Waals surface area contributed by atoms with Crippen LogP contribution in [0.2, 0.25) is 0 Å². The third kappa shape index (κ3) is 4.01. The van der Waals surface area contributed by atoms with Gasteiger partial charge in [0.2, 0.25) is 0 Å². The molecule has 4 saturated carbocycles. The van der Waals surface area contributed by atoms with Crippen molar-refractivity contribution in [3.8, 4) is 0 Å². The van der Waals surface area contributed by atoms with Crippen LogP contribution in [0.4, 0.5) is 0 Å². The first kappa shape index (κ1) is 28.0. The first-order valence-corrected chi connectivity index (χ1v) is 13.0. The Labute approximate surface area is 217 Å². The molecule has 0 heterocycles. The van der Waals surface area contributed by atoms with Gasteiger partial charge in [0.1, 0.15) is 30.2 Å². The number of rotatable bonds is 5. The van der Waals surface area contributed by atoms with Crippen LogP contribution in [0.5, 0.6) is 0 Å². The van der Waals surface area contributed by atoms with Crippen molar-refractivity contribution in [2.75, 3.05) is 13.7 Å². The number of carbonyl (C=O) groups is 4. The smallest absolute Gasteiger partial charge is 0.303 e. The highest BCUT2D eigenvalue weighted by Gasteiger charge is 2.78. The molecule has 0 aliphatic heterocycles. The van der Waals surface area contributed by atoms with E-state index in [2.05, 4.69) is 0 Å². The molecule has 10 heteroatoms. The van der Waals surface area contributed by atoms with Gasteiger partial charge < -0.3 is 29.2 Å². The van der Waals surface area contributed by atoms with E-state index in [1.165, 1.54) is 27.9 Å². The highest BCUT2D eigenvalue weighted by atomic mass is 16.6. The molecule has 4 aliphatic rings. The lowest BCUT2D eigenvalue weighted by molar-refractivity contribution is -0.298. The molecule has 0 amide bonds. The molecule has 0 aromatic carbocycles. The largest absolute Gasteiger partial charge is 0.462 e. The highest BCUT2D eigenvalue weighted by Crippen LogP contribution is 2.72. The maximum absolute atomic E-state index is 14.2. The van der Waals surface area contributed by atoms with E-state index in [1.54, 1.807) is 0 Å². The van der Waals surface area contributed by atoms with Gasteiger partial charge in [-0.15, -0.1) is 0 Å². The highest BCUT2D eigenvalue weighted by molar-refractivity contribution is 5.92. The van der Waals surface area contributed by atoms with E-state index >= 15 is 0 Å². The number of ketones is 1. The van der Waals surface area contributed by atoms with Crippen molar-refractivity contribution in [1.29, 1.82) is 0 Å².